The summed E-state index contributed by atoms with van der Waals surface area (Å²) in [4.78, 5) is 0. The van der Waals surface area contributed by atoms with Crippen LogP contribution in [0.2, 0.25) is 5.02 Å². The van der Waals surface area contributed by atoms with Crippen molar-refractivity contribution in [2.75, 3.05) is 5.32 Å². The fraction of sp³-hybridized carbons (Fsp3) is 0.625. The Labute approximate surface area is 130 Å². The third-order valence-corrected chi connectivity index (χ3v) is 5.06. The van der Waals surface area contributed by atoms with Gasteiger partial charge in [-0.3, -0.25) is 0 Å². The highest BCUT2D eigenvalue weighted by Gasteiger charge is 2.32. The van der Waals surface area contributed by atoms with E-state index < -0.39 is 0 Å². The van der Waals surface area contributed by atoms with Gasteiger partial charge in [0.2, 0.25) is 0 Å². The van der Waals surface area contributed by atoms with Crippen molar-refractivity contribution in [1.82, 2.24) is 0 Å². The first kappa shape index (κ1) is 15.2. The van der Waals surface area contributed by atoms with Crippen LogP contribution in [0.5, 0.6) is 0 Å². The van der Waals surface area contributed by atoms with Crippen LogP contribution in [0.25, 0.3) is 0 Å². The van der Waals surface area contributed by atoms with E-state index in [1.54, 1.807) is 0 Å². The van der Waals surface area contributed by atoms with Gasteiger partial charge in [-0.1, -0.05) is 32.4 Å². The molecule has 1 aromatic rings. The van der Waals surface area contributed by atoms with Gasteiger partial charge in [0.05, 0.1) is 5.69 Å². The number of halogens is 2. The van der Waals surface area contributed by atoms with E-state index in [1.165, 1.54) is 19.3 Å². The number of aryl methyl sites for hydroxylation is 1. The van der Waals surface area contributed by atoms with E-state index in [9.17, 15) is 0 Å². The molecule has 3 heteroatoms. The molecular weight excluding hydrogens is 322 g/mol. The summed E-state index contributed by atoms with van der Waals surface area (Å²) in [6.07, 6.45) is 3.78. The molecule has 1 nitrogen and oxygen atoms in total. The van der Waals surface area contributed by atoms with Gasteiger partial charge in [0.25, 0.3) is 0 Å². The fourth-order valence-corrected chi connectivity index (χ4v) is 4.17. The summed E-state index contributed by atoms with van der Waals surface area (Å²) in [6.45, 7) is 9.12. The quantitative estimate of drug-likeness (QED) is 0.690. The Kier molecular flexibility index (Phi) is 4.52. The highest BCUT2D eigenvalue weighted by molar-refractivity contribution is 9.10. The molecule has 0 spiro atoms. The molecule has 0 radical (unpaired) electrons. The minimum Gasteiger partial charge on any atom is -0.381 e. The Morgan fingerprint density at radius 3 is 2.63 bits per heavy atom. The van der Waals surface area contributed by atoms with Crippen LogP contribution in [0.15, 0.2) is 16.6 Å². The summed E-state index contributed by atoms with van der Waals surface area (Å²) in [5, 5.41) is 4.50. The monoisotopic (exact) mass is 343 g/mol. The van der Waals surface area contributed by atoms with Crippen molar-refractivity contribution in [2.45, 2.75) is 53.0 Å². The van der Waals surface area contributed by atoms with E-state index in [1.807, 2.05) is 13.0 Å². The number of anilines is 1. The van der Waals surface area contributed by atoms with Gasteiger partial charge >= 0.3 is 0 Å². The van der Waals surface area contributed by atoms with Crippen LogP contribution in [-0.4, -0.2) is 6.04 Å². The molecule has 1 fully saturated rings. The van der Waals surface area contributed by atoms with E-state index in [0.29, 0.717) is 11.5 Å². The highest BCUT2D eigenvalue weighted by Crippen LogP contribution is 2.40. The molecule has 1 aliphatic carbocycles. The van der Waals surface area contributed by atoms with Crippen LogP contribution in [0, 0.1) is 18.3 Å². The highest BCUT2D eigenvalue weighted by atomic mass is 79.9. The number of hydrogen-bond donors (Lipinski definition) is 1. The maximum Gasteiger partial charge on any atom is 0.0501 e. The second-order valence-electron chi connectivity index (χ2n) is 6.84. The van der Waals surface area contributed by atoms with Gasteiger partial charge in [-0.15, -0.1) is 0 Å². The van der Waals surface area contributed by atoms with Crippen LogP contribution >= 0.6 is 27.5 Å². The molecule has 0 bridgehead atoms. The molecule has 2 unspecified atom stereocenters. The Bertz CT molecular complexity index is 470. The van der Waals surface area contributed by atoms with Crippen LogP contribution in [0.3, 0.4) is 0 Å². The van der Waals surface area contributed by atoms with E-state index in [2.05, 4.69) is 48.1 Å². The molecule has 0 aliphatic heterocycles. The van der Waals surface area contributed by atoms with Crippen molar-refractivity contribution in [1.29, 1.82) is 0 Å². The predicted molar refractivity (Wildman–Crippen MR) is 88.1 cm³/mol. The van der Waals surface area contributed by atoms with Crippen molar-refractivity contribution in [3.63, 3.8) is 0 Å². The van der Waals surface area contributed by atoms with Gasteiger partial charge in [-0.2, -0.15) is 0 Å². The van der Waals surface area contributed by atoms with E-state index in [4.69, 9.17) is 11.6 Å². The van der Waals surface area contributed by atoms with Crippen LogP contribution < -0.4 is 5.32 Å². The zero-order chi connectivity index (χ0) is 14.2. The standard InChI is InChI=1S/C16H23BrClN/c1-10-5-12(9-16(3,4)8-10)19-15-7-14(18)11(2)6-13(15)17/h6-7,10,12,19H,5,8-9H2,1-4H3. The van der Waals surface area contributed by atoms with E-state index >= 15 is 0 Å². The SMILES string of the molecule is Cc1cc(Br)c(NC2CC(C)CC(C)(C)C2)cc1Cl. The molecule has 0 aromatic heterocycles. The van der Waals surface area contributed by atoms with Crippen LogP contribution in [0.1, 0.15) is 45.6 Å². The van der Waals surface area contributed by atoms with Crippen LogP contribution in [-0.2, 0) is 0 Å². The molecule has 1 aromatic carbocycles. The fourth-order valence-electron chi connectivity index (χ4n) is 3.43. The molecule has 19 heavy (non-hydrogen) atoms. The molecule has 1 N–H and O–H groups in total. The average molecular weight is 345 g/mol. The second-order valence-corrected chi connectivity index (χ2v) is 8.10. The van der Waals surface area contributed by atoms with Crippen LogP contribution in [0.4, 0.5) is 5.69 Å². The topological polar surface area (TPSA) is 12.0 Å². The third-order valence-electron chi connectivity index (χ3n) is 3.99. The molecule has 0 saturated heterocycles. The molecule has 2 rings (SSSR count). The van der Waals surface area contributed by atoms with E-state index in [-0.39, 0.29) is 0 Å². The maximum absolute atomic E-state index is 6.23. The van der Waals surface area contributed by atoms with Crippen molar-refractivity contribution in [3.05, 3.63) is 27.2 Å². The Hall–Kier alpha value is -0.210. The molecule has 2 atom stereocenters. The summed E-state index contributed by atoms with van der Waals surface area (Å²) in [7, 11) is 0. The number of benzene rings is 1. The second kappa shape index (κ2) is 5.65. The molecule has 106 valence electrons. The maximum atomic E-state index is 6.23. The predicted octanol–water partition coefficient (Wildman–Crippen LogP) is 6.04. The number of rotatable bonds is 2. The van der Waals surface area contributed by atoms with Gasteiger partial charge in [-0.25, -0.2) is 0 Å². The lowest BCUT2D eigenvalue weighted by atomic mass is 9.70. The van der Waals surface area contributed by atoms with Crippen molar-refractivity contribution >= 4 is 33.2 Å². The zero-order valence-corrected chi connectivity index (χ0v) is 14.5. The van der Waals surface area contributed by atoms with Gasteiger partial charge < -0.3 is 5.32 Å². The first-order valence-corrected chi connectivity index (χ1v) is 8.16. The number of nitrogens with one attached hydrogen (secondary N) is 1. The van der Waals surface area contributed by atoms with Gasteiger partial charge in [0.1, 0.15) is 0 Å². The van der Waals surface area contributed by atoms with Gasteiger partial charge in [0.15, 0.2) is 0 Å². The van der Waals surface area contributed by atoms with Gasteiger partial charge in [-0.05, 0) is 71.1 Å². The van der Waals surface area contributed by atoms with E-state index in [0.717, 1.165) is 26.7 Å². The van der Waals surface area contributed by atoms with Crippen molar-refractivity contribution in [3.8, 4) is 0 Å². The molecule has 1 saturated carbocycles. The first-order valence-electron chi connectivity index (χ1n) is 6.99. The molecule has 0 heterocycles. The summed E-state index contributed by atoms with van der Waals surface area (Å²) >= 11 is 9.86. The van der Waals surface area contributed by atoms with Gasteiger partial charge in [0, 0.05) is 15.5 Å². The lowest BCUT2D eigenvalue weighted by Crippen LogP contribution is -2.35. The third kappa shape index (κ3) is 3.88. The van der Waals surface area contributed by atoms with Crippen molar-refractivity contribution in [2.24, 2.45) is 11.3 Å². The summed E-state index contributed by atoms with van der Waals surface area (Å²) in [5.74, 6) is 0.779. The normalized spacial score (nSPS) is 26.2. The Morgan fingerprint density at radius 2 is 2.00 bits per heavy atom. The summed E-state index contributed by atoms with van der Waals surface area (Å²) in [6, 6.07) is 4.66. The number of hydrogen-bond acceptors (Lipinski definition) is 1. The zero-order valence-electron chi connectivity index (χ0n) is 12.2. The lowest BCUT2D eigenvalue weighted by Gasteiger charge is -2.39. The van der Waals surface area contributed by atoms with Crippen molar-refractivity contribution < 1.29 is 0 Å². The average Bonchev–Trinajstić information content (AvgIpc) is 2.22. The smallest absolute Gasteiger partial charge is 0.0501 e. The largest absolute Gasteiger partial charge is 0.381 e. The molecular formula is C16H23BrClN. The first-order chi connectivity index (χ1) is 8.77. The Morgan fingerprint density at radius 1 is 1.32 bits per heavy atom. The summed E-state index contributed by atoms with van der Waals surface area (Å²) in [5.41, 5.74) is 2.65. The minimum atomic E-state index is 0.427. The lowest BCUT2D eigenvalue weighted by molar-refractivity contribution is 0.178. The molecule has 0 amide bonds. The summed E-state index contributed by atoms with van der Waals surface area (Å²) < 4.78 is 1.10. The minimum absolute atomic E-state index is 0.427. The molecule has 1 aliphatic rings. The Balaban J connectivity index is 2.15.